The number of aryl methyl sites for hydroxylation is 1. The van der Waals surface area contributed by atoms with Gasteiger partial charge in [-0.3, -0.25) is 9.59 Å². The van der Waals surface area contributed by atoms with Crippen molar-refractivity contribution in [2.45, 2.75) is 45.6 Å². The number of hydrogen-bond acceptors (Lipinski definition) is 2. The highest BCUT2D eigenvalue weighted by atomic mass is 16.4. The van der Waals surface area contributed by atoms with E-state index in [9.17, 15) is 9.59 Å². The Morgan fingerprint density at radius 2 is 1.89 bits per heavy atom. The molecule has 1 aromatic carbocycles. The van der Waals surface area contributed by atoms with E-state index in [0.717, 1.165) is 11.1 Å². The summed E-state index contributed by atoms with van der Waals surface area (Å²) in [5.41, 5.74) is 1.92. The molecule has 0 aliphatic carbocycles. The highest BCUT2D eigenvalue weighted by molar-refractivity contribution is 5.84. The summed E-state index contributed by atoms with van der Waals surface area (Å²) >= 11 is 0. The van der Waals surface area contributed by atoms with Gasteiger partial charge in [-0.25, -0.2) is 0 Å². The number of nitrogens with one attached hydrogen (secondary N) is 1. The molecule has 1 aromatic rings. The molecule has 4 heteroatoms. The van der Waals surface area contributed by atoms with Crippen LogP contribution in [0.2, 0.25) is 0 Å². The first kappa shape index (κ1) is 15.2. The van der Waals surface area contributed by atoms with Crippen molar-refractivity contribution in [3.05, 3.63) is 35.4 Å². The van der Waals surface area contributed by atoms with Crippen molar-refractivity contribution >= 4 is 11.9 Å². The molecule has 0 saturated heterocycles. The molecule has 4 nitrogen and oxygen atoms in total. The smallest absolute Gasteiger partial charge is 0.303 e. The third kappa shape index (κ3) is 4.73. The minimum Gasteiger partial charge on any atom is -0.481 e. The largest absolute Gasteiger partial charge is 0.481 e. The lowest BCUT2D eigenvalue weighted by Gasteiger charge is -2.20. The summed E-state index contributed by atoms with van der Waals surface area (Å²) in [6, 6.07) is 7.66. The predicted octanol–water partition coefficient (Wildman–Crippen LogP) is 2.47. The Labute approximate surface area is 113 Å². The van der Waals surface area contributed by atoms with Gasteiger partial charge in [0.15, 0.2) is 0 Å². The lowest BCUT2D eigenvalue weighted by molar-refractivity contribution is -0.137. The Morgan fingerprint density at radius 3 is 2.42 bits per heavy atom. The van der Waals surface area contributed by atoms with Crippen LogP contribution in [0.4, 0.5) is 0 Å². The summed E-state index contributed by atoms with van der Waals surface area (Å²) in [5, 5.41) is 11.7. The van der Waals surface area contributed by atoms with E-state index in [1.807, 2.05) is 45.0 Å². The van der Waals surface area contributed by atoms with E-state index in [0.29, 0.717) is 6.42 Å². The minimum atomic E-state index is -0.879. The topological polar surface area (TPSA) is 66.4 Å². The van der Waals surface area contributed by atoms with Crippen molar-refractivity contribution < 1.29 is 14.7 Å². The monoisotopic (exact) mass is 263 g/mol. The summed E-state index contributed by atoms with van der Waals surface area (Å²) in [6.45, 7) is 5.72. The van der Waals surface area contributed by atoms with Crippen LogP contribution in [0.5, 0.6) is 0 Å². The molecule has 1 rings (SSSR count). The number of amides is 1. The molecule has 0 fully saturated rings. The first-order valence-electron chi connectivity index (χ1n) is 6.49. The van der Waals surface area contributed by atoms with E-state index in [4.69, 9.17) is 5.11 Å². The van der Waals surface area contributed by atoms with Crippen LogP contribution >= 0.6 is 0 Å². The van der Waals surface area contributed by atoms with Gasteiger partial charge in [0.2, 0.25) is 5.91 Å². The molecule has 104 valence electrons. The molecule has 0 radical (unpaired) electrons. The van der Waals surface area contributed by atoms with Crippen molar-refractivity contribution in [2.24, 2.45) is 0 Å². The van der Waals surface area contributed by atoms with Crippen LogP contribution in [0, 0.1) is 6.92 Å². The third-order valence-corrected chi connectivity index (χ3v) is 2.96. The molecule has 0 aromatic heterocycles. The lowest BCUT2D eigenvalue weighted by atomic mass is 9.90. The summed E-state index contributed by atoms with van der Waals surface area (Å²) in [5.74, 6) is -1.39. The second-order valence-corrected chi connectivity index (χ2v) is 5.00. The number of hydrogen-bond donors (Lipinski definition) is 2. The quantitative estimate of drug-likeness (QED) is 0.828. The van der Waals surface area contributed by atoms with Gasteiger partial charge >= 0.3 is 5.97 Å². The van der Waals surface area contributed by atoms with E-state index >= 15 is 0 Å². The average Bonchev–Trinajstić information content (AvgIpc) is 2.30. The number of carboxylic acids is 1. The zero-order chi connectivity index (χ0) is 14.4. The van der Waals surface area contributed by atoms with Gasteiger partial charge in [0.25, 0.3) is 0 Å². The van der Waals surface area contributed by atoms with E-state index in [1.54, 1.807) is 0 Å². The first-order valence-corrected chi connectivity index (χ1v) is 6.49. The Hall–Kier alpha value is -1.84. The summed E-state index contributed by atoms with van der Waals surface area (Å²) in [7, 11) is 0. The zero-order valence-electron chi connectivity index (χ0n) is 11.6. The molecule has 1 unspecified atom stereocenters. The maximum atomic E-state index is 12.2. The van der Waals surface area contributed by atoms with Gasteiger partial charge < -0.3 is 10.4 Å². The molecule has 0 heterocycles. The van der Waals surface area contributed by atoms with Gasteiger partial charge in [0.1, 0.15) is 0 Å². The van der Waals surface area contributed by atoms with Crippen molar-refractivity contribution in [3.8, 4) is 0 Å². The summed E-state index contributed by atoms with van der Waals surface area (Å²) in [4.78, 5) is 22.9. The summed E-state index contributed by atoms with van der Waals surface area (Å²) in [6.07, 6.45) is 0.309. The highest BCUT2D eigenvalue weighted by Crippen LogP contribution is 2.25. The number of benzene rings is 1. The van der Waals surface area contributed by atoms with Crippen LogP contribution in [-0.2, 0) is 9.59 Å². The average molecular weight is 263 g/mol. The van der Waals surface area contributed by atoms with Crippen LogP contribution in [-0.4, -0.2) is 23.0 Å². The molecular formula is C15H21NO3. The van der Waals surface area contributed by atoms with Crippen LogP contribution in [0.15, 0.2) is 24.3 Å². The van der Waals surface area contributed by atoms with E-state index in [1.165, 1.54) is 0 Å². The summed E-state index contributed by atoms with van der Waals surface area (Å²) < 4.78 is 0. The van der Waals surface area contributed by atoms with Crippen molar-refractivity contribution in [1.82, 2.24) is 5.32 Å². The Morgan fingerprint density at radius 1 is 1.26 bits per heavy atom. The number of rotatable bonds is 6. The SMILES string of the molecule is Cc1ccccc1C(CCC(=O)O)C(=O)NC(C)C. The van der Waals surface area contributed by atoms with Crippen LogP contribution < -0.4 is 5.32 Å². The number of carbonyl (C=O) groups excluding carboxylic acids is 1. The normalized spacial score (nSPS) is 12.2. The Kier molecular flexibility index (Phi) is 5.55. The van der Waals surface area contributed by atoms with Crippen molar-refractivity contribution in [3.63, 3.8) is 0 Å². The Balaban J connectivity index is 2.95. The molecule has 0 aliphatic heterocycles. The second-order valence-electron chi connectivity index (χ2n) is 5.00. The van der Waals surface area contributed by atoms with Gasteiger partial charge in [0.05, 0.1) is 5.92 Å². The maximum absolute atomic E-state index is 12.2. The third-order valence-electron chi connectivity index (χ3n) is 2.96. The molecule has 0 aliphatic rings. The molecular weight excluding hydrogens is 242 g/mol. The van der Waals surface area contributed by atoms with Gasteiger partial charge in [0, 0.05) is 12.5 Å². The van der Waals surface area contributed by atoms with E-state index in [-0.39, 0.29) is 18.4 Å². The predicted molar refractivity (Wildman–Crippen MR) is 74.1 cm³/mol. The van der Waals surface area contributed by atoms with E-state index in [2.05, 4.69) is 5.32 Å². The maximum Gasteiger partial charge on any atom is 0.303 e. The molecule has 1 atom stereocenters. The fourth-order valence-corrected chi connectivity index (χ4v) is 2.06. The second kappa shape index (κ2) is 6.92. The lowest BCUT2D eigenvalue weighted by Crippen LogP contribution is -2.35. The first-order chi connectivity index (χ1) is 8.91. The van der Waals surface area contributed by atoms with Gasteiger partial charge in [-0.1, -0.05) is 24.3 Å². The van der Waals surface area contributed by atoms with Crippen LogP contribution in [0.25, 0.3) is 0 Å². The van der Waals surface area contributed by atoms with Gasteiger partial charge in [-0.15, -0.1) is 0 Å². The highest BCUT2D eigenvalue weighted by Gasteiger charge is 2.23. The van der Waals surface area contributed by atoms with Crippen molar-refractivity contribution in [1.29, 1.82) is 0 Å². The number of carbonyl (C=O) groups is 2. The standard InChI is InChI=1S/C15H21NO3/c1-10(2)16-15(19)13(8-9-14(17)18)12-7-5-4-6-11(12)3/h4-7,10,13H,8-9H2,1-3H3,(H,16,19)(H,17,18). The molecule has 0 saturated carbocycles. The minimum absolute atomic E-state index is 0.00941. The molecule has 19 heavy (non-hydrogen) atoms. The van der Waals surface area contributed by atoms with Crippen molar-refractivity contribution in [2.75, 3.05) is 0 Å². The van der Waals surface area contributed by atoms with Crippen LogP contribution in [0.3, 0.4) is 0 Å². The fourth-order valence-electron chi connectivity index (χ4n) is 2.06. The molecule has 0 bridgehead atoms. The zero-order valence-corrected chi connectivity index (χ0v) is 11.6. The van der Waals surface area contributed by atoms with Gasteiger partial charge in [-0.05, 0) is 38.3 Å². The van der Waals surface area contributed by atoms with Gasteiger partial charge in [-0.2, -0.15) is 0 Å². The molecule has 2 N–H and O–H groups in total. The Bertz CT molecular complexity index is 454. The number of aliphatic carboxylic acids is 1. The van der Waals surface area contributed by atoms with E-state index < -0.39 is 11.9 Å². The number of carboxylic acid groups (broad SMARTS) is 1. The molecule has 0 spiro atoms. The van der Waals surface area contributed by atoms with Crippen LogP contribution in [0.1, 0.15) is 43.7 Å². The molecule has 1 amide bonds. The fraction of sp³-hybridized carbons (Fsp3) is 0.467.